The molecule has 4 heterocycles. The summed E-state index contributed by atoms with van der Waals surface area (Å²) in [5.41, 5.74) is 7.73. The van der Waals surface area contributed by atoms with Crippen LogP contribution in [0.25, 0.3) is 21.4 Å². The summed E-state index contributed by atoms with van der Waals surface area (Å²) in [7, 11) is 0. The molecule has 1 fully saturated rings. The van der Waals surface area contributed by atoms with Gasteiger partial charge in [0.05, 0.1) is 23.4 Å². The van der Waals surface area contributed by atoms with Crippen LogP contribution in [0.5, 0.6) is 0 Å². The minimum atomic E-state index is -0.280. The molecule has 1 aromatic carbocycles. The first-order valence-electron chi connectivity index (χ1n) is 8.57. The Bertz CT molecular complexity index is 1180. The van der Waals surface area contributed by atoms with E-state index in [2.05, 4.69) is 19.9 Å². The number of nitrogens with two attached hydrogens (primary N) is 1. The maximum Gasteiger partial charge on any atom is 0.184 e. The fourth-order valence-corrected chi connectivity index (χ4v) is 4.90. The smallest absolute Gasteiger partial charge is 0.184 e. The molecule has 2 atom stereocenters. The van der Waals surface area contributed by atoms with Crippen LogP contribution in [0.4, 0.5) is 10.2 Å². The van der Waals surface area contributed by atoms with Gasteiger partial charge in [-0.1, -0.05) is 6.07 Å². The van der Waals surface area contributed by atoms with E-state index in [1.807, 2.05) is 11.5 Å². The number of aromatic nitrogens is 5. The van der Waals surface area contributed by atoms with Gasteiger partial charge in [-0.25, -0.2) is 24.3 Å². The Morgan fingerprint density at radius 2 is 2.21 bits per heavy atom. The SMILES string of the molecule is CC1OC1OCCn1c(Sc2nc3cccc(F)c3s2)nc2c(N)ncnc21. The summed E-state index contributed by atoms with van der Waals surface area (Å²) in [5, 5.41) is 0.648. The molecular formula is C17H15FN6O2S2. The third-order valence-electron chi connectivity index (χ3n) is 4.30. The second-order valence-electron chi connectivity index (χ2n) is 6.23. The normalized spacial score (nSPS) is 18.9. The van der Waals surface area contributed by atoms with Crippen molar-refractivity contribution in [1.82, 2.24) is 24.5 Å². The van der Waals surface area contributed by atoms with Crippen molar-refractivity contribution in [2.75, 3.05) is 12.3 Å². The lowest BCUT2D eigenvalue weighted by molar-refractivity contribution is 0.0449. The molecule has 8 nitrogen and oxygen atoms in total. The summed E-state index contributed by atoms with van der Waals surface area (Å²) in [5.74, 6) is 0.0263. The van der Waals surface area contributed by atoms with Crippen LogP contribution in [0.3, 0.4) is 0 Å². The lowest BCUT2D eigenvalue weighted by Crippen LogP contribution is -2.10. The zero-order valence-electron chi connectivity index (χ0n) is 14.7. The van der Waals surface area contributed by atoms with Crippen molar-refractivity contribution in [1.29, 1.82) is 0 Å². The van der Waals surface area contributed by atoms with Crippen LogP contribution in [0, 0.1) is 5.82 Å². The van der Waals surface area contributed by atoms with E-state index in [-0.39, 0.29) is 18.2 Å². The van der Waals surface area contributed by atoms with Gasteiger partial charge in [0.25, 0.3) is 0 Å². The zero-order chi connectivity index (χ0) is 19.3. The molecule has 0 spiro atoms. The molecule has 28 heavy (non-hydrogen) atoms. The summed E-state index contributed by atoms with van der Waals surface area (Å²) in [4.78, 5) is 17.4. The van der Waals surface area contributed by atoms with Crippen molar-refractivity contribution in [2.45, 2.75) is 35.4 Å². The van der Waals surface area contributed by atoms with Gasteiger partial charge in [0, 0.05) is 0 Å². The van der Waals surface area contributed by atoms with Crippen LogP contribution in [0.2, 0.25) is 0 Å². The predicted molar refractivity (Wildman–Crippen MR) is 104 cm³/mol. The first-order valence-corrected chi connectivity index (χ1v) is 10.2. The van der Waals surface area contributed by atoms with Crippen LogP contribution >= 0.6 is 23.1 Å². The van der Waals surface area contributed by atoms with E-state index < -0.39 is 0 Å². The summed E-state index contributed by atoms with van der Waals surface area (Å²) in [6.07, 6.45) is 1.38. The molecule has 1 aliphatic heterocycles. The molecule has 1 saturated heterocycles. The molecule has 0 radical (unpaired) electrons. The molecule has 0 amide bonds. The molecule has 144 valence electrons. The highest BCUT2D eigenvalue weighted by Gasteiger charge is 2.35. The van der Waals surface area contributed by atoms with Gasteiger partial charge < -0.3 is 19.8 Å². The number of anilines is 1. The van der Waals surface area contributed by atoms with Crippen molar-refractivity contribution < 1.29 is 13.9 Å². The summed E-state index contributed by atoms with van der Waals surface area (Å²) >= 11 is 2.63. The number of hydrogen-bond acceptors (Lipinski definition) is 9. The van der Waals surface area contributed by atoms with Crippen molar-refractivity contribution in [2.24, 2.45) is 0 Å². The van der Waals surface area contributed by atoms with E-state index in [1.165, 1.54) is 35.5 Å². The van der Waals surface area contributed by atoms with Gasteiger partial charge in [-0.2, -0.15) is 0 Å². The van der Waals surface area contributed by atoms with Crippen molar-refractivity contribution in [3.8, 4) is 0 Å². The topological polar surface area (TPSA) is 104 Å². The number of hydrogen-bond donors (Lipinski definition) is 1. The average Bonchev–Trinajstić information content (AvgIpc) is 3.07. The highest BCUT2D eigenvalue weighted by Crippen LogP contribution is 2.36. The number of fused-ring (bicyclic) bond motifs is 2. The molecule has 11 heteroatoms. The van der Waals surface area contributed by atoms with Crippen LogP contribution in [0.15, 0.2) is 34.0 Å². The number of imidazole rings is 1. The van der Waals surface area contributed by atoms with Crippen molar-refractivity contribution >= 4 is 50.3 Å². The number of rotatable bonds is 6. The van der Waals surface area contributed by atoms with E-state index >= 15 is 0 Å². The molecular weight excluding hydrogens is 403 g/mol. The van der Waals surface area contributed by atoms with E-state index in [0.717, 1.165) is 0 Å². The number of halogens is 1. The number of epoxide rings is 1. The second kappa shape index (κ2) is 6.92. The van der Waals surface area contributed by atoms with Crippen molar-refractivity contribution in [3.05, 3.63) is 30.3 Å². The molecule has 3 aromatic heterocycles. The quantitative estimate of drug-likeness (QED) is 0.477. The van der Waals surface area contributed by atoms with Gasteiger partial charge >= 0.3 is 0 Å². The molecule has 2 unspecified atom stereocenters. The minimum Gasteiger partial charge on any atom is -0.382 e. The summed E-state index contributed by atoms with van der Waals surface area (Å²) < 4.78 is 28.1. The summed E-state index contributed by atoms with van der Waals surface area (Å²) in [6, 6.07) is 4.87. The lowest BCUT2D eigenvalue weighted by Gasteiger charge is -2.07. The monoisotopic (exact) mass is 418 g/mol. The van der Waals surface area contributed by atoms with Gasteiger partial charge in [-0.3, -0.25) is 0 Å². The van der Waals surface area contributed by atoms with E-state index in [9.17, 15) is 4.39 Å². The average molecular weight is 418 g/mol. The van der Waals surface area contributed by atoms with Gasteiger partial charge in [0.15, 0.2) is 32.8 Å². The van der Waals surface area contributed by atoms with Gasteiger partial charge in [0.2, 0.25) is 0 Å². The summed E-state index contributed by atoms with van der Waals surface area (Å²) in [6.45, 7) is 2.91. The number of nitrogen functional groups attached to an aromatic ring is 1. The predicted octanol–water partition coefficient (Wildman–Crippen LogP) is 3.07. The highest BCUT2D eigenvalue weighted by molar-refractivity contribution is 8.01. The van der Waals surface area contributed by atoms with Crippen LogP contribution < -0.4 is 5.73 Å². The Labute approximate surface area is 166 Å². The number of ether oxygens (including phenoxy) is 2. The largest absolute Gasteiger partial charge is 0.382 e. The first-order chi connectivity index (χ1) is 13.6. The Morgan fingerprint density at radius 3 is 3.00 bits per heavy atom. The van der Waals surface area contributed by atoms with Crippen molar-refractivity contribution in [3.63, 3.8) is 0 Å². The Morgan fingerprint density at radius 1 is 1.36 bits per heavy atom. The highest BCUT2D eigenvalue weighted by atomic mass is 32.2. The van der Waals surface area contributed by atoms with Gasteiger partial charge in [-0.05, 0) is 30.8 Å². The Kier molecular flexibility index (Phi) is 4.38. The van der Waals surface area contributed by atoms with E-state index in [4.69, 9.17) is 15.2 Å². The molecule has 0 saturated carbocycles. The molecule has 4 aromatic rings. The Balaban J connectivity index is 1.48. The van der Waals surface area contributed by atoms with E-state index in [1.54, 1.807) is 12.1 Å². The van der Waals surface area contributed by atoms with Gasteiger partial charge in [0.1, 0.15) is 18.2 Å². The first kappa shape index (κ1) is 17.7. The zero-order valence-corrected chi connectivity index (χ0v) is 16.3. The fourth-order valence-electron chi connectivity index (χ4n) is 2.83. The minimum absolute atomic E-state index is 0.129. The third-order valence-corrected chi connectivity index (χ3v) is 6.44. The second-order valence-corrected chi connectivity index (χ2v) is 8.44. The number of nitrogens with zero attached hydrogens (tertiary/aromatic N) is 5. The number of thiazole rings is 1. The van der Waals surface area contributed by atoms with E-state index in [0.29, 0.717) is 49.8 Å². The lowest BCUT2D eigenvalue weighted by atomic mass is 10.3. The molecule has 1 aliphatic rings. The molecule has 2 N–H and O–H groups in total. The third kappa shape index (κ3) is 3.20. The van der Waals surface area contributed by atoms with Crippen LogP contribution in [-0.2, 0) is 16.0 Å². The Hall–Kier alpha value is -2.34. The maximum absolute atomic E-state index is 14.0. The maximum atomic E-state index is 14.0. The molecule has 0 aliphatic carbocycles. The standard InChI is InChI=1S/C17H15FN6O2S2/c1-8-15(26-8)25-6-5-24-14-11(13(19)20-7-21-14)23-16(24)28-17-22-10-4-2-3-9(18)12(10)27-17/h2-4,7-8,15H,5-6H2,1H3,(H2,19,20,21). The number of benzene rings is 1. The molecule has 0 bridgehead atoms. The van der Waals surface area contributed by atoms with Gasteiger partial charge in [-0.15, -0.1) is 11.3 Å². The van der Waals surface area contributed by atoms with Crippen LogP contribution in [-0.4, -0.2) is 43.5 Å². The van der Waals surface area contributed by atoms with Crippen LogP contribution in [0.1, 0.15) is 6.92 Å². The molecule has 5 rings (SSSR count). The fraction of sp³-hybridized carbons (Fsp3) is 0.294.